The van der Waals surface area contributed by atoms with Crippen LogP contribution in [0.15, 0.2) is 0 Å². The van der Waals surface area contributed by atoms with Crippen molar-refractivity contribution < 1.29 is 0 Å². The molecule has 0 aliphatic heterocycles. The van der Waals surface area contributed by atoms with Gasteiger partial charge in [0.2, 0.25) is 0 Å². The van der Waals surface area contributed by atoms with Gasteiger partial charge < -0.3 is 0 Å². The normalized spacial score (nSPS) is 48.0. The van der Waals surface area contributed by atoms with Crippen LogP contribution in [0.3, 0.4) is 0 Å². The van der Waals surface area contributed by atoms with Crippen LogP contribution < -0.4 is 0 Å². The van der Waals surface area contributed by atoms with Gasteiger partial charge in [-0.25, -0.2) is 0 Å². The Balaban J connectivity index is 2.55. The third-order valence-corrected chi connectivity index (χ3v) is 3.52. The van der Waals surface area contributed by atoms with Gasteiger partial charge in [-0.15, -0.1) is 0 Å². The molecular weight excluding hydrogens is 120 g/mol. The molecule has 0 aromatic carbocycles. The van der Waals surface area contributed by atoms with Crippen LogP contribution in [0.5, 0.6) is 0 Å². The molecule has 0 amide bonds. The fourth-order valence-corrected chi connectivity index (χ4v) is 2.69. The number of hydrogen-bond acceptors (Lipinski definition) is 0. The second-order valence-corrected chi connectivity index (χ2v) is 4.12. The fourth-order valence-electron chi connectivity index (χ4n) is 2.69. The lowest BCUT2D eigenvalue weighted by Crippen LogP contribution is -2.10. The van der Waals surface area contributed by atoms with Gasteiger partial charge in [-0.05, 0) is 30.1 Å². The summed E-state index contributed by atoms with van der Waals surface area (Å²) >= 11 is 0. The third kappa shape index (κ3) is 1.21. The van der Waals surface area contributed by atoms with E-state index < -0.39 is 0 Å². The minimum absolute atomic E-state index is 0.972. The molecule has 0 spiro atoms. The average molecular weight is 140 g/mol. The minimum atomic E-state index is 0.972. The molecule has 1 rings (SSSR count). The van der Waals surface area contributed by atoms with E-state index in [9.17, 15) is 0 Å². The lowest BCUT2D eigenvalue weighted by Gasteiger charge is -2.18. The highest BCUT2D eigenvalue weighted by atomic mass is 14.4. The van der Waals surface area contributed by atoms with E-state index in [-0.39, 0.29) is 0 Å². The number of hydrogen-bond donors (Lipinski definition) is 0. The van der Waals surface area contributed by atoms with Crippen molar-refractivity contribution in [2.45, 2.75) is 40.5 Å². The van der Waals surface area contributed by atoms with E-state index in [1.807, 2.05) is 0 Å². The van der Waals surface area contributed by atoms with E-state index in [0.29, 0.717) is 0 Å². The van der Waals surface area contributed by atoms with Gasteiger partial charge in [-0.3, -0.25) is 0 Å². The Morgan fingerprint density at radius 1 is 1.10 bits per heavy atom. The van der Waals surface area contributed by atoms with E-state index in [1.165, 1.54) is 12.8 Å². The average Bonchev–Trinajstić information content (AvgIpc) is 2.09. The summed E-state index contributed by atoms with van der Waals surface area (Å²) in [6.07, 6.45) is 2.84. The summed E-state index contributed by atoms with van der Waals surface area (Å²) in [5.74, 6) is 3.94. The fraction of sp³-hybridized carbons (Fsp3) is 1.00. The quantitative estimate of drug-likeness (QED) is 0.524. The SMILES string of the molecule is CCC1C(C)CC(C)C1C. The molecule has 0 heteroatoms. The van der Waals surface area contributed by atoms with Gasteiger partial charge in [-0.2, -0.15) is 0 Å². The maximum atomic E-state index is 2.42. The van der Waals surface area contributed by atoms with Crippen molar-refractivity contribution in [2.75, 3.05) is 0 Å². The van der Waals surface area contributed by atoms with Gasteiger partial charge in [0.25, 0.3) is 0 Å². The molecule has 1 saturated carbocycles. The van der Waals surface area contributed by atoms with Gasteiger partial charge in [0.15, 0.2) is 0 Å². The predicted molar refractivity (Wildman–Crippen MR) is 45.9 cm³/mol. The maximum Gasteiger partial charge on any atom is -0.0363 e. The molecule has 0 bridgehead atoms. The second kappa shape index (κ2) is 2.94. The molecule has 1 fully saturated rings. The molecule has 0 saturated heterocycles. The molecule has 0 heterocycles. The zero-order chi connectivity index (χ0) is 7.72. The summed E-state index contributed by atoms with van der Waals surface area (Å²) in [6, 6.07) is 0. The van der Waals surface area contributed by atoms with Gasteiger partial charge in [0, 0.05) is 0 Å². The molecule has 1 aliphatic rings. The largest absolute Gasteiger partial charge is 0.0651 e. The van der Waals surface area contributed by atoms with Crippen LogP contribution in [0.25, 0.3) is 0 Å². The summed E-state index contributed by atoms with van der Waals surface area (Å²) in [5.41, 5.74) is 0. The number of rotatable bonds is 1. The van der Waals surface area contributed by atoms with Crippen LogP contribution in [0.4, 0.5) is 0 Å². The van der Waals surface area contributed by atoms with Crippen molar-refractivity contribution in [1.82, 2.24) is 0 Å². The van der Waals surface area contributed by atoms with Crippen LogP contribution in [0.1, 0.15) is 40.5 Å². The molecule has 4 unspecified atom stereocenters. The summed E-state index contributed by atoms with van der Waals surface area (Å²) < 4.78 is 0. The Hall–Kier alpha value is 0. The Kier molecular flexibility index (Phi) is 2.38. The Bertz CT molecular complexity index is 107. The summed E-state index contributed by atoms with van der Waals surface area (Å²) in [6.45, 7) is 9.56. The van der Waals surface area contributed by atoms with Gasteiger partial charge in [-0.1, -0.05) is 34.1 Å². The molecule has 0 N–H and O–H groups in total. The van der Waals surface area contributed by atoms with Crippen molar-refractivity contribution in [3.63, 3.8) is 0 Å². The van der Waals surface area contributed by atoms with Crippen LogP contribution in [0.2, 0.25) is 0 Å². The topological polar surface area (TPSA) is 0 Å². The lowest BCUT2D eigenvalue weighted by atomic mass is 9.88. The van der Waals surface area contributed by atoms with Gasteiger partial charge in [0.05, 0.1) is 0 Å². The minimum Gasteiger partial charge on any atom is -0.0651 e. The van der Waals surface area contributed by atoms with Crippen molar-refractivity contribution in [3.05, 3.63) is 0 Å². The standard InChI is InChI=1S/C10H20/c1-5-10-8(3)6-7(2)9(10)4/h7-10H,5-6H2,1-4H3. The first-order chi connectivity index (χ1) is 4.66. The molecule has 1 aliphatic carbocycles. The first-order valence-corrected chi connectivity index (χ1v) is 4.66. The van der Waals surface area contributed by atoms with Crippen LogP contribution in [-0.2, 0) is 0 Å². The summed E-state index contributed by atoms with van der Waals surface area (Å²) in [5, 5.41) is 0. The highest BCUT2D eigenvalue weighted by molar-refractivity contribution is 4.83. The van der Waals surface area contributed by atoms with E-state index in [0.717, 1.165) is 23.7 Å². The third-order valence-electron chi connectivity index (χ3n) is 3.52. The Labute approximate surface area is 65.0 Å². The summed E-state index contributed by atoms with van der Waals surface area (Å²) in [4.78, 5) is 0. The first kappa shape index (κ1) is 8.10. The monoisotopic (exact) mass is 140 g/mol. The first-order valence-electron chi connectivity index (χ1n) is 4.66. The maximum absolute atomic E-state index is 2.42. The van der Waals surface area contributed by atoms with E-state index in [4.69, 9.17) is 0 Å². The molecule has 60 valence electrons. The predicted octanol–water partition coefficient (Wildman–Crippen LogP) is 3.32. The van der Waals surface area contributed by atoms with Crippen LogP contribution in [-0.4, -0.2) is 0 Å². The van der Waals surface area contributed by atoms with E-state index >= 15 is 0 Å². The second-order valence-electron chi connectivity index (χ2n) is 4.12. The van der Waals surface area contributed by atoms with Crippen LogP contribution in [0, 0.1) is 23.7 Å². The van der Waals surface area contributed by atoms with Gasteiger partial charge >= 0.3 is 0 Å². The molecular formula is C10H20. The van der Waals surface area contributed by atoms with E-state index in [1.54, 1.807) is 0 Å². The zero-order valence-electron chi connectivity index (χ0n) is 7.72. The Morgan fingerprint density at radius 3 is 1.90 bits per heavy atom. The molecule has 0 aromatic rings. The molecule has 10 heavy (non-hydrogen) atoms. The molecule has 0 radical (unpaired) electrons. The highest BCUT2D eigenvalue weighted by Gasteiger charge is 2.33. The highest BCUT2D eigenvalue weighted by Crippen LogP contribution is 2.42. The molecule has 0 nitrogen and oxygen atoms in total. The zero-order valence-corrected chi connectivity index (χ0v) is 7.72. The van der Waals surface area contributed by atoms with Crippen molar-refractivity contribution >= 4 is 0 Å². The smallest absolute Gasteiger partial charge is 0.0363 e. The van der Waals surface area contributed by atoms with Gasteiger partial charge in [0.1, 0.15) is 0 Å². The van der Waals surface area contributed by atoms with Crippen molar-refractivity contribution in [1.29, 1.82) is 0 Å². The van der Waals surface area contributed by atoms with Crippen LogP contribution >= 0.6 is 0 Å². The van der Waals surface area contributed by atoms with Crippen molar-refractivity contribution in [2.24, 2.45) is 23.7 Å². The summed E-state index contributed by atoms with van der Waals surface area (Å²) in [7, 11) is 0. The molecule has 0 aromatic heterocycles. The van der Waals surface area contributed by atoms with Crippen molar-refractivity contribution in [3.8, 4) is 0 Å². The lowest BCUT2D eigenvalue weighted by molar-refractivity contribution is 0.314. The molecule has 4 atom stereocenters. The van der Waals surface area contributed by atoms with E-state index in [2.05, 4.69) is 27.7 Å². The Morgan fingerprint density at radius 2 is 1.70 bits per heavy atom.